The Morgan fingerprint density at radius 1 is 1.30 bits per heavy atom. The molecule has 9 heteroatoms. The van der Waals surface area contributed by atoms with E-state index in [0.717, 1.165) is 40.6 Å². The van der Waals surface area contributed by atoms with Crippen LogP contribution in [0.25, 0.3) is 22.2 Å². The Bertz CT molecular complexity index is 1200. The van der Waals surface area contributed by atoms with Crippen molar-refractivity contribution in [1.29, 1.82) is 0 Å². The highest BCUT2D eigenvalue weighted by Crippen LogP contribution is 2.30. The lowest BCUT2D eigenvalue weighted by Crippen LogP contribution is -2.47. The second kappa shape index (κ2) is 8.73. The molecule has 3 heterocycles. The fraction of sp³-hybridized carbons (Fsp3) is 0.417. The van der Waals surface area contributed by atoms with Crippen LogP contribution < -0.4 is 5.32 Å². The van der Waals surface area contributed by atoms with Gasteiger partial charge in [-0.1, -0.05) is 6.07 Å². The van der Waals surface area contributed by atoms with Crippen molar-refractivity contribution < 1.29 is 19.4 Å². The van der Waals surface area contributed by atoms with Crippen molar-refractivity contribution in [3.05, 3.63) is 41.7 Å². The number of piperidine rings is 1. The van der Waals surface area contributed by atoms with Crippen molar-refractivity contribution in [2.75, 3.05) is 18.4 Å². The summed E-state index contributed by atoms with van der Waals surface area (Å²) in [6.07, 6.45) is 5.06. The Kier molecular flexibility index (Phi) is 5.97. The molecule has 2 aromatic heterocycles. The molecule has 3 N–H and O–H groups in total. The quantitative estimate of drug-likeness (QED) is 0.536. The van der Waals surface area contributed by atoms with Crippen molar-refractivity contribution >= 4 is 28.9 Å². The third-order valence-electron chi connectivity index (χ3n) is 5.56. The number of carboxylic acid groups (broad SMARTS) is 1. The molecule has 4 rings (SSSR count). The number of amides is 1. The molecule has 0 bridgehead atoms. The third kappa shape index (κ3) is 5.08. The van der Waals surface area contributed by atoms with Gasteiger partial charge in [0, 0.05) is 48.0 Å². The van der Waals surface area contributed by atoms with Crippen molar-refractivity contribution in [2.45, 2.75) is 52.2 Å². The third-order valence-corrected chi connectivity index (χ3v) is 5.56. The summed E-state index contributed by atoms with van der Waals surface area (Å²) in [7, 11) is 0. The number of hydrogen-bond acceptors (Lipinski definition) is 6. The van der Waals surface area contributed by atoms with Crippen molar-refractivity contribution in [3.8, 4) is 11.3 Å². The molecule has 0 unspecified atom stereocenters. The average Bonchev–Trinajstić information content (AvgIpc) is 3.17. The first kappa shape index (κ1) is 22.6. The molecule has 0 aliphatic carbocycles. The van der Waals surface area contributed by atoms with Gasteiger partial charge in [-0.05, 0) is 58.2 Å². The number of aromatic carboxylic acids is 1. The molecule has 1 amide bonds. The number of anilines is 1. The van der Waals surface area contributed by atoms with E-state index in [1.165, 1.54) is 0 Å². The number of aromatic amines is 1. The molecule has 174 valence electrons. The Morgan fingerprint density at radius 2 is 2.09 bits per heavy atom. The van der Waals surface area contributed by atoms with E-state index in [0.29, 0.717) is 19.0 Å². The number of H-pyrrole nitrogens is 1. The SMILES string of the molecule is Cc1cnc(N[C@H]2CCCN(C(=O)OC(C)(C)C)C2)nc1-c1c[nH]c2cc(C(=O)O)ccc12. The lowest BCUT2D eigenvalue weighted by atomic mass is 10.1. The van der Waals surface area contributed by atoms with Crippen LogP contribution >= 0.6 is 0 Å². The molecule has 1 saturated heterocycles. The van der Waals surface area contributed by atoms with Crippen molar-refractivity contribution in [1.82, 2.24) is 19.9 Å². The molecular formula is C24H29N5O4. The number of rotatable bonds is 4. The van der Waals surface area contributed by atoms with Crippen molar-refractivity contribution in [3.63, 3.8) is 0 Å². The summed E-state index contributed by atoms with van der Waals surface area (Å²) in [5, 5.41) is 13.5. The van der Waals surface area contributed by atoms with E-state index in [9.17, 15) is 14.7 Å². The standard InChI is InChI=1S/C24H29N5O4/c1-14-11-26-22(27-16-6-5-9-29(13-16)23(32)33-24(2,3)4)28-20(14)18-12-25-19-10-15(21(30)31)7-8-17(18)19/h7-8,10-12,16,25H,5-6,9,13H2,1-4H3,(H,30,31)(H,26,27,28)/t16-/m0/s1. The number of carbonyl (C=O) groups excluding carboxylic acids is 1. The van der Waals surface area contributed by atoms with Crippen LogP contribution in [0, 0.1) is 6.92 Å². The zero-order chi connectivity index (χ0) is 23.8. The van der Waals surface area contributed by atoms with Gasteiger partial charge in [-0.25, -0.2) is 19.6 Å². The zero-order valence-corrected chi connectivity index (χ0v) is 19.3. The number of ether oxygens (including phenoxy) is 1. The number of nitrogens with one attached hydrogen (secondary N) is 2. The van der Waals surface area contributed by atoms with Crippen LogP contribution in [0.5, 0.6) is 0 Å². The first-order chi connectivity index (χ1) is 15.6. The summed E-state index contributed by atoms with van der Waals surface area (Å²) in [5.41, 5.74) is 2.98. The first-order valence-electron chi connectivity index (χ1n) is 11.0. The van der Waals surface area contributed by atoms with Gasteiger partial charge in [-0.3, -0.25) is 0 Å². The lowest BCUT2D eigenvalue weighted by Gasteiger charge is -2.34. The largest absolute Gasteiger partial charge is 0.478 e. The molecule has 1 aromatic carbocycles. The minimum Gasteiger partial charge on any atom is -0.478 e. The molecule has 0 radical (unpaired) electrons. The zero-order valence-electron chi connectivity index (χ0n) is 19.3. The number of likely N-dealkylation sites (tertiary alicyclic amines) is 1. The fourth-order valence-electron chi connectivity index (χ4n) is 4.01. The van der Waals surface area contributed by atoms with Gasteiger partial charge in [0.2, 0.25) is 5.95 Å². The molecule has 1 fully saturated rings. The van der Waals surface area contributed by atoms with Crippen LogP contribution in [0.1, 0.15) is 49.5 Å². The molecular weight excluding hydrogens is 422 g/mol. The predicted octanol–water partition coefficient (Wildman–Crippen LogP) is 4.44. The lowest BCUT2D eigenvalue weighted by molar-refractivity contribution is 0.0206. The summed E-state index contributed by atoms with van der Waals surface area (Å²) < 4.78 is 5.51. The van der Waals surface area contributed by atoms with E-state index in [1.54, 1.807) is 29.3 Å². The Labute approximate surface area is 192 Å². The highest BCUT2D eigenvalue weighted by Gasteiger charge is 2.28. The summed E-state index contributed by atoms with van der Waals surface area (Å²) in [5.74, 6) is -0.478. The topological polar surface area (TPSA) is 120 Å². The maximum Gasteiger partial charge on any atom is 0.410 e. The van der Waals surface area contributed by atoms with Crippen LogP contribution in [-0.4, -0.2) is 61.8 Å². The number of benzene rings is 1. The summed E-state index contributed by atoms with van der Waals surface area (Å²) >= 11 is 0. The van der Waals surface area contributed by atoms with Gasteiger partial charge in [-0.2, -0.15) is 0 Å². The number of aryl methyl sites for hydroxylation is 1. The van der Waals surface area contributed by atoms with E-state index in [4.69, 9.17) is 9.72 Å². The fourth-order valence-corrected chi connectivity index (χ4v) is 4.01. The van der Waals surface area contributed by atoms with E-state index >= 15 is 0 Å². The number of aromatic nitrogens is 3. The van der Waals surface area contributed by atoms with Gasteiger partial charge in [0.15, 0.2) is 0 Å². The van der Waals surface area contributed by atoms with Gasteiger partial charge in [0.25, 0.3) is 0 Å². The minimum absolute atomic E-state index is 0.0166. The second-order valence-corrected chi connectivity index (χ2v) is 9.40. The molecule has 1 atom stereocenters. The van der Waals surface area contributed by atoms with Crippen LogP contribution in [0.2, 0.25) is 0 Å². The summed E-state index contributed by atoms with van der Waals surface area (Å²) in [4.78, 5) is 37.8. The number of fused-ring (bicyclic) bond motifs is 1. The number of nitrogens with zero attached hydrogens (tertiary/aromatic N) is 3. The Morgan fingerprint density at radius 3 is 2.82 bits per heavy atom. The summed E-state index contributed by atoms with van der Waals surface area (Å²) in [6.45, 7) is 8.71. The molecule has 3 aromatic rings. The molecule has 1 aliphatic heterocycles. The van der Waals surface area contributed by atoms with Crippen LogP contribution in [0.15, 0.2) is 30.6 Å². The molecule has 33 heavy (non-hydrogen) atoms. The Balaban J connectivity index is 1.54. The van der Waals surface area contributed by atoms with Gasteiger partial charge in [-0.15, -0.1) is 0 Å². The van der Waals surface area contributed by atoms with Gasteiger partial charge < -0.3 is 25.0 Å². The van der Waals surface area contributed by atoms with Crippen LogP contribution in [-0.2, 0) is 4.74 Å². The number of hydrogen-bond donors (Lipinski definition) is 3. The van der Waals surface area contributed by atoms with E-state index < -0.39 is 11.6 Å². The number of carbonyl (C=O) groups is 2. The Hall–Kier alpha value is -3.62. The smallest absolute Gasteiger partial charge is 0.410 e. The maximum absolute atomic E-state index is 12.5. The minimum atomic E-state index is -0.967. The summed E-state index contributed by atoms with van der Waals surface area (Å²) in [6, 6.07) is 5.01. The van der Waals surface area contributed by atoms with Gasteiger partial charge >= 0.3 is 12.1 Å². The van der Waals surface area contributed by atoms with E-state index in [1.807, 2.05) is 33.9 Å². The van der Waals surface area contributed by atoms with Crippen LogP contribution in [0.4, 0.5) is 10.7 Å². The predicted molar refractivity (Wildman–Crippen MR) is 125 cm³/mol. The van der Waals surface area contributed by atoms with Gasteiger partial charge in [0.05, 0.1) is 11.3 Å². The molecule has 9 nitrogen and oxygen atoms in total. The highest BCUT2D eigenvalue weighted by molar-refractivity contribution is 5.99. The van der Waals surface area contributed by atoms with Gasteiger partial charge in [0.1, 0.15) is 5.60 Å². The normalized spacial score (nSPS) is 16.6. The monoisotopic (exact) mass is 451 g/mol. The first-order valence-corrected chi connectivity index (χ1v) is 11.0. The highest BCUT2D eigenvalue weighted by atomic mass is 16.6. The molecule has 1 aliphatic rings. The van der Waals surface area contributed by atoms with E-state index in [2.05, 4.69) is 15.3 Å². The van der Waals surface area contributed by atoms with E-state index in [-0.39, 0.29) is 17.7 Å². The average molecular weight is 452 g/mol. The second-order valence-electron chi connectivity index (χ2n) is 9.40. The van der Waals surface area contributed by atoms with Crippen molar-refractivity contribution in [2.24, 2.45) is 0 Å². The molecule has 0 saturated carbocycles. The molecule has 0 spiro atoms. The van der Waals surface area contributed by atoms with Crippen LogP contribution in [0.3, 0.4) is 0 Å². The number of carboxylic acids is 1. The maximum atomic E-state index is 12.5.